The maximum atomic E-state index is 5.12. The highest BCUT2D eigenvalue weighted by molar-refractivity contribution is 6.12. The summed E-state index contributed by atoms with van der Waals surface area (Å²) in [5, 5.41) is 3.79. The van der Waals surface area contributed by atoms with Crippen LogP contribution in [0.1, 0.15) is 36.1 Å². The normalized spacial score (nSPS) is 13.8. The molecule has 0 atom stereocenters. The Morgan fingerprint density at radius 2 is 1.24 bits per heavy atom. The fraction of sp³-hybridized carbons (Fsp3) is 0.0816. The highest BCUT2D eigenvalue weighted by Crippen LogP contribution is 2.52. The van der Waals surface area contributed by atoms with Crippen LogP contribution in [-0.4, -0.2) is 9.55 Å². The molecule has 0 spiro atoms. The summed E-state index contributed by atoms with van der Waals surface area (Å²) >= 11 is 0. The van der Waals surface area contributed by atoms with Gasteiger partial charge in [0.25, 0.3) is 0 Å². The molecule has 2 aromatic heterocycles. The lowest BCUT2D eigenvalue weighted by atomic mass is 9.82. The van der Waals surface area contributed by atoms with Crippen LogP contribution in [0.25, 0.3) is 83.0 Å². The lowest BCUT2D eigenvalue weighted by Crippen LogP contribution is -2.14. The molecule has 240 valence electrons. The van der Waals surface area contributed by atoms with Crippen LogP contribution in [0.2, 0.25) is 0 Å². The molecule has 2 nitrogen and oxygen atoms in total. The molecule has 2 heterocycles. The standard InChI is InChI=1S/C49H34N2/c1-49(2)41-22-9-6-17-32(41)38-29-47-40(27-42(38)49)34-19-8-11-24-45(34)51(47)46-25-13-21-36-39(46)26-31-16-12-20-35(48(31)36)37-28-44(30-14-4-3-5-15-30)50-43-23-10-7-18-33(37)43/h3-25,27-29H,26H2,1-2H3. The van der Waals surface area contributed by atoms with Crippen molar-refractivity contribution in [3.05, 3.63) is 180 Å². The average molecular weight is 651 g/mol. The molecule has 0 aliphatic heterocycles. The van der Waals surface area contributed by atoms with E-state index in [1.54, 1.807) is 0 Å². The number of para-hydroxylation sites is 2. The van der Waals surface area contributed by atoms with E-state index < -0.39 is 0 Å². The first kappa shape index (κ1) is 28.6. The molecule has 0 saturated heterocycles. The summed E-state index contributed by atoms with van der Waals surface area (Å²) in [4.78, 5) is 5.12. The fourth-order valence-corrected chi connectivity index (χ4v) is 9.26. The Bertz CT molecular complexity index is 2910. The smallest absolute Gasteiger partial charge is 0.0715 e. The van der Waals surface area contributed by atoms with Gasteiger partial charge in [-0.3, -0.25) is 0 Å². The second kappa shape index (κ2) is 10.4. The van der Waals surface area contributed by atoms with E-state index in [2.05, 4.69) is 176 Å². The monoisotopic (exact) mass is 650 g/mol. The van der Waals surface area contributed by atoms with Crippen LogP contribution in [0.3, 0.4) is 0 Å². The summed E-state index contributed by atoms with van der Waals surface area (Å²) in [6.45, 7) is 4.74. The van der Waals surface area contributed by atoms with Crippen molar-refractivity contribution >= 4 is 32.7 Å². The van der Waals surface area contributed by atoms with Crippen LogP contribution in [0, 0.1) is 0 Å². The second-order valence-electron chi connectivity index (χ2n) is 14.7. The van der Waals surface area contributed by atoms with Crippen LogP contribution in [0.4, 0.5) is 0 Å². The molecular weight excluding hydrogens is 617 g/mol. The first-order chi connectivity index (χ1) is 25.1. The van der Waals surface area contributed by atoms with Crippen LogP contribution >= 0.6 is 0 Å². The topological polar surface area (TPSA) is 17.8 Å². The second-order valence-corrected chi connectivity index (χ2v) is 14.7. The van der Waals surface area contributed by atoms with Gasteiger partial charge in [0, 0.05) is 33.6 Å². The quantitative estimate of drug-likeness (QED) is 0.186. The Morgan fingerprint density at radius 3 is 2.14 bits per heavy atom. The summed E-state index contributed by atoms with van der Waals surface area (Å²) in [5.74, 6) is 0. The third kappa shape index (κ3) is 3.96. The summed E-state index contributed by atoms with van der Waals surface area (Å²) in [5.41, 5.74) is 20.3. The maximum Gasteiger partial charge on any atom is 0.0715 e. The summed E-state index contributed by atoms with van der Waals surface area (Å²) < 4.78 is 2.54. The summed E-state index contributed by atoms with van der Waals surface area (Å²) in [6, 6.07) is 58.1. The molecule has 9 aromatic rings. The van der Waals surface area contributed by atoms with Gasteiger partial charge in [-0.05, 0) is 92.0 Å². The van der Waals surface area contributed by atoms with Crippen molar-refractivity contribution in [2.75, 3.05) is 0 Å². The Hall–Kier alpha value is -6.25. The highest BCUT2D eigenvalue weighted by Gasteiger charge is 2.36. The van der Waals surface area contributed by atoms with Crippen LogP contribution in [-0.2, 0) is 11.8 Å². The number of nitrogens with zero attached hydrogens (tertiary/aromatic N) is 2. The molecule has 0 saturated carbocycles. The van der Waals surface area contributed by atoms with Crippen molar-refractivity contribution in [3.63, 3.8) is 0 Å². The van der Waals surface area contributed by atoms with E-state index in [4.69, 9.17) is 4.98 Å². The Labute approximate surface area is 297 Å². The minimum absolute atomic E-state index is 0.0487. The predicted octanol–water partition coefficient (Wildman–Crippen LogP) is 12.5. The van der Waals surface area contributed by atoms with Gasteiger partial charge < -0.3 is 4.57 Å². The largest absolute Gasteiger partial charge is 0.309 e. The summed E-state index contributed by atoms with van der Waals surface area (Å²) in [6.07, 6.45) is 0.887. The number of aromatic nitrogens is 2. The predicted molar refractivity (Wildman–Crippen MR) is 213 cm³/mol. The molecule has 0 fully saturated rings. The zero-order valence-electron chi connectivity index (χ0n) is 28.6. The van der Waals surface area contributed by atoms with Gasteiger partial charge in [-0.2, -0.15) is 0 Å². The number of rotatable bonds is 3. The van der Waals surface area contributed by atoms with Gasteiger partial charge in [-0.1, -0.05) is 135 Å². The fourth-order valence-electron chi connectivity index (χ4n) is 9.26. The van der Waals surface area contributed by atoms with Gasteiger partial charge >= 0.3 is 0 Å². The lowest BCUT2D eigenvalue weighted by Gasteiger charge is -2.21. The number of pyridine rings is 1. The van der Waals surface area contributed by atoms with Gasteiger partial charge in [-0.25, -0.2) is 4.98 Å². The maximum absolute atomic E-state index is 5.12. The Kier molecular flexibility index (Phi) is 5.82. The minimum atomic E-state index is -0.0487. The zero-order chi connectivity index (χ0) is 33.8. The van der Waals surface area contributed by atoms with Crippen molar-refractivity contribution in [1.29, 1.82) is 0 Å². The van der Waals surface area contributed by atoms with Gasteiger partial charge in [0.2, 0.25) is 0 Å². The molecule has 11 rings (SSSR count). The van der Waals surface area contributed by atoms with E-state index in [-0.39, 0.29) is 5.41 Å². The summed E-state index contributed by atoms with van der Waals surface area (Å²) in [7, 11) is 0. The van der Waals surface area contributed by atoms with Gasteiger partial charge in [-0.15, -0.1) is 0 Å². The Balaban J connectivity index is 1.16. The third-order valence-corrected chi connectivity index (χ3v) is 11.6. The molecule has 2 aliphatic carbocycles. The molecule has 7 aromatic carbocycles. The van der Waals surface area contributed by atoms with Crippen molar-refractivity contribution in [1.82, 2.24) is 9.55 Å². The van der Waals surface area contributed by atoms with Crippen LogP contribution in [0.15, 0.2) is 158 Å². The SMILES string of the molecule is CC1(C)c2ccccc2-c2cc3c(cc21)c1ccccc1n3-c1cccc2c1Cc1cccc(-c3cc(-c4ccccc4)nc4ccccc34)c1-2. The first-order valence-corrected chi connectivity index (χ1v) is 17.9. The molecule has 0 amide bonds. The molecule has 0 radical (unpaired) electrons. The van der Waals surface area contributed by atoms with E-state index in [0.29, 0.717) is 0 Å². The van der Waals surface area contributed by atoms with Gasteiger partial charge in [0.15, 0.2) is 0 Å². The van der Waals surface area contributed by atoms with Crippen molar-refractivity contribution < 1.29 is 0 Å². The number of hydrogen-bond acceptors (Lipinski definition) is 1. The van der Waals surface area contributed by atoms with Gasteiger partial charge in [0.1, 0.15) is 0 Å². The lowest BCUT2D eigenvalue weighted by molar-refractivity contribution is 0.661. The third-order valence-electron chi connectivity index (χ3n) is 11.6. The van der Waals surface area contributed by atoms with E-state index in [1.165, 1.54) is 88.5 Å². The van der Waals surface area contributed by atoms with Crippen molar-refractivity contribution in [2.24, 2.45) is 0 Å². The van der Waals surface area contributed by atoms with E-state index >= 15 is 0 Å². The highest BCUT2D eigenvalue weighted by atomic mass is 15.0. The Morgan fingerprint density at radius 1 is 0.510 bits per heavy atom. The number of fused-ring (bicyclic) bond motifs is 10. The van der Waals surface area contributed by atoms with E-state index in [0.717, 1.165) is 23.2 Å². The zero-order valence-corrected chi connectivity index (χ0v) is 28.6. The number of hydrogen-bond donors (Lipinski definition) is 0. The average Bonchev–Trinajstić information content (AvgIpc) is 3.80. The van der Waals surface area contributed by atoms with E-state index in [1.807, 2.05) is 0 Å². The van der Waals surface area contributed by atoms with Gasteiger partial charge in [0.05, 0.1) is 27.9 Å². The molecule has 51 heavy (non-hydrogen) atoms. The molecule has 0 unspecified atom stereocenters. The molecule has 0 N–H and O–H groups in total. The first-order valence-electron chi connectivity index (χ1n) is 17.9. The molecule has 0 bridgehead atoms. The van der Waals surface area contributed by atoms with Crippen LogP contribution < -0.4 is 0 Å². The molecule has 2 aliphatic rings. The molecular formula is C49H34N2. The minimum Gasteiger partial charge on any atom is -0.309 e. The van der Waals surface area contributed by atoms with Crippen molar-refractivity contribution in [2.45, 2.75) is 25.7 Å². The van der Waals surface area contributed by atoms with Crippen molar-refractivity contribution in [3.8, 4) is 50.3 Å². The van der Waals surface area contributed by atoms with Crippen LogP contribution in [0.5, 0.6) is 0 Å². The van der Waals surface area contributed by atoms with E-state index in [9.17, 15) is 0 Å². The molecule has 2 heteroatoms. The number of benzene rings is 7.